The Bertz CT molecular complexity index is 1350. The average Bonchev–Trinajstić information content (AvgIpc) is 2.90. The number of nitrogens with two attached hydrogens (primary N) is 1. The van der Waals surface area contributed by atoms with Crippen LogP contribution in [0.25, 0.3) is 0 Å². The Morgan fingerprint density at radius 2 is 1.68 bits per heavy atom. The lowest BCUT2D eigenvalue weighted by Gasteiger charge is -2.29. The second-order valence-electron chi connectivity index (χ2n) is 9.70. The molecule has 8 nitrogen and oxygen atoms in total. The number of hydrogen-bond donors (Lipinski definition) is 2. The first-order chi connectivity index (χ1) is 18.1. The number of carbonyl (C=O) groups is 2. The molecule has 0 amide bonds. The predicted octanol–water partition coefficient (Wildman–Crippen LogP) is 5.61. The van der Waals surface area contributed by atoms with Gasteiger partial charge in [0.15, 0.2) is 0 Å². The maximum Gasteiger partial charge on any atom is 0.343 e. The zero-order chi connectivity index (χ0) is 27.4. The van der Waals surface area contributed by atoms with E-state index in [-0.39, 0.29) is 19.6 Å². The third-order valence-electron chi connectivity index (χ3n) is 5.83. The molecule has 0 radical (unpaired) electrons. The molecule has 0 bridgehead atoms. The van der Waals surface area contributed by atoms with Gasteiger partial charge in [0.2, 0.25) is 0 Å². The summed E-state index contributed by atoms with van der Waals surface area (Å²) < 4.78 is 22.5. The minimum atomic E-state index is -0.695. The summed E-state index contributed by atoms with van der Waals surface area (Å²) in [6.07, 6.45) is -0.0288. The van der Waals surface area contributed by atoms with Crippen molar-refractivity contribution in [3.8, 4) is 11.5 Å². The second kappa shape index (κ2) is 11.4. The molecule has 1 aliphatic rings. The Morgan fingerprint density at radius 3 is 2.32 bits per heavy atom. The standard InChI is InChI=1S/C29H32N2O6S/c1-29(2,3)37-28(33)24-21(34-4)12-11-20-27(24)38-26-19(22(35-5)13-18(15-30)25(26)31-20)14-23(32)36-16-17-9-7-6-8-10-17/h6-13,31H,14-16,30H2,1-5H3. The van der Waals surface area contributed by atoms with Crippen LogP contribution in [-0.2, 0) is 33.8 Å². The van der Waals surface area contributed by atoms with Crippen molar-refractivity contribution in [3.05, 3.63) is 70.8 Å². The molecule has 1 aliphatic heterocycles. The first kappa shape index (κ1) is 27.3. The highest BCUT2D eigenvalue weighted by molar-refractivity contribution is 8.00. The summed E-state index contributed by atoms with van der Waals surface area (Å²) in [6, 6.07) is 14.9. The van der Waals surface area contributed by atoms with Crippen LogP contribution in [0.5, 0.6) is 11.5 Å². The number of rotatable bonds is 8. The second-order valence-corrected chi connectivity index (χ2v) is 10.7. The topological polar surface area (TPSA) is 109 Å². The number of ether oxygens (including phenoxy) is 4. The van der Waals surface area contributed by atoms with Crippen molar-refractivity contribution in [2.75, 3.05) is 19.5 Å². The predicted molar refractivity (Wildman–Crippen MR) is 146 cm³/mol. The summed E-state index contributed by atoms with van der Waals surface area (Å²) in [7, 11) is 3.05. The molecule has 1 heterocycles. The molecular weight excluding hydrogens is 504 g/mol. The van der Waals surface area contributed by atoms with E-state index in [1.807, 2.05) is 63.2 Å². The van der Waals surface area contributed by atoms with Crippen molar-refractivity contribution in [1.29, 1.82) is 0 Å². The normalized spacial score (nSPS) is 12.1. The number of hydrogen-bond acceptors (Lipinski definition) is 9. The zero-order valence-corrected chi connectivity index (χ0v) is 23.0. The van der Waals surface area contributed by atoms with Crippen LogP contribution in [0.1, 0.15) is 47.8 Å². The van der Waals surface area contributed by atoms with Gasteiger partial charge in [-0.2, -0.15) is 0 Å². The number of fused-ring (bicyclic) bond motifs is 2. The highest BCUT2D eigenvalue weighted by atomic mass is 32.2. The zero-order valence-electron chi connectivity index (χ0n) is 22.2. The van der Waals surface area contributed by atoms with Crippen molar-refractivity contribution in [2.45, 2.75) is 55.7 Å². The smallest absolute Gasteiger partial charge is 0.343 e. The van der Waals surface area contributed by atoms with E-state index in [1.165, 1.54) is 18.9 Å². The van der Waals surface area contributed by atoms with E-state index in [9.17, 15) is 9.59 Å². The first-order valence-corrected chi connectivity index (χ1v) is 13.0. The SMILES string of the molecule is COc1cc(CN)c2c(c1CC(=O)OCc1ccccc1)Sc1c(ccc(OC)c1C(=O)OC(C)(C)C)N2. The van der Waals surface area contributed by atoms with Gasteiger partial charge in [-0.25, -0.2) is 4.79 Å². The molecule has 3 N–H and O–H groups in total. The lowest BCUT2D eigenvalue weighted by molar-refractivity contribution is -0.144. The van der Waals surface area contributed by atoms with E-state index < -0.39 is 17.5 Å². The number of esters is 2. The summed E-state index contributed by atoms with van der Waals surface area (Å²) in [5.41, 5.74) is 9.51. The number of carbonyl (C=O) groups excluding carboxylic acids is 2. The average molecular weight is 537 g/mol. The van der Waals surface area contributed by atoms with Crippen molar-refractivity contribution >= 4 is 35.1 Å². The van der Waals surface area contributed by atoms with Crippen molar-refractivity contribution in [3.63, 3.8) is 0 Å². The Kier molecular flexibility index (Phi) is 8.18. The van der Waals surface area contributed by atoms with Gasteiger partial charge >= 0.3 is 11.9 Å². The van der Waals surface area contributed by atoms with Crippen LogP contribution in [0, 0.1) is 0 Å². The van der Waals surface area contributed by atoms with Gasteiger partial charge in [-0.05, 0) is 50.1 Å². The molecule has 4 rings (SSSR count). The molecule has 3 aromatic rings. The van der Waals surface area contributed by atoms with E-state index in [4.69, 9.17) is 24.7 Å². The quantitative estimate of drug-likeness (QED) is 0.278. The van der Waals surface area contributed by atoms with Gasteiger partial charge in [-0.3, -0.25) is 4.79 Å². The summed E-state index contributed by atoms with van der Waals surface area (Å²) in [5.74, 6) is -0.00388. The summed E-state index contributed by atoms with van der Waals surface area (Å²) in [5, 5.41) is 3.42. The van der Waals surface area contributed by atoms with Gasteiger partial charge < -0.3 is 30.0 Å². The Morgan fingerprint density at radius 1 is 0.974 bits per heavy atom. The Labute approximate surface area is 226 Å². The molecular formula is C29H32N2O6S. The van der Waals surface area contributed by atoms with E-state index in [2.05, 4.69) is 5.32 Å². The van der Waals surface area contributed by atoms with Crippen LogP contribution >= 0.6 is 11.8 Å². The van der Waals surface area contributed by atoms with Crippen LogP contribution in [-0.4, -0.2) is 31.8 Å². The minimum absolute atomic E-state index is 0.0288. The molecule has 9 heteroatoms. The van der Waals surface area contributed by atoms with Gasteiger partial charge in [0.1, 0.15) is 29.3 Å². The molecule has 0 unspecified atom stereocenters. The molecule has 0 saturated carbocycles. The van der Waals surface area contributed by atoms with E-state index in [0.717, 1.165) is 21.7 Å². The number of methoxy groups -OCH3 is 2. The molecule has 3 aromatic carbocycles. The largest absolute Gasteiger partial charge is 0.496 e. The van der Waals surface area contributed by atoms with Crippen LogP contribution in [0.15, 0.2) is 58.3 Å². The number of nitrogens with one attached hydrogen (secondary N) is 1. The van der Waals surface area contributed by atoms with E-state index in [0.29, 0.717) is 33.2 Å². The Balaban J connectivity index is 1.75. The van der Waals surface area contributed by atoms with Crippen LogP contribution in [0.3, 0.4) is 0 Å². The molecule has 0 fully saturated rings. The number of anilines is 2. The maximum absolute atomic E-state index is 13.3. The van der Waals surface area contributed by atoms with E-state index >= 15 is 0 Å². The summed E-state index contributed by atoms with van der Waals surface area (Å²) >= 11 is 1.35. The summed E-state index contributed by atoms with van der Waals surface area (Å²) in [6.45, 7) is 5.84. The Hall–Kier alpha value is -3.69. The molecule has 0 aliphatic carbocycles. The third kappa shape index (κ3) is 5.89. The monoisotopic (exact) mass is 536 g/mol. The van der Waals surface area contributed by atoms with Crippen molar-refractivity contribution < 1.29 is 28.5 Å². The lowest BCUT2D eigenvalue weighted by Crippen LogP contribution is -2.25. The molecule has 0 aromatic heterocycles. The third-order valence-corrected chi connectivity index (χ3v) is 7.12. The van der Waals surface area contributed by atoms with Gasteiger partial charge in [0.05, 0.1) is 36.9 Å². The lowest BCUT2D eigenvalue weighted by atomic mass is 10.0. The number of benzene rings is 3. The van der Waals surface area contributed by atoms with Crippen LogP contribution < -0.4 is 20.5 Å². The fourth-order valence-corrected chi connectivity index (χ4v) is 5.42. The van der Waals surface area contributed by atoms with Gasteiger partial charge in [0.25, 0.3) is 0 Å². The van der Waals surface area contributed by atoms with Crippen LogP contribution in [0.4, 0.5) is 11.4 Å². The molecule has 0 saturated heterocycles. The van der Waals surface area contributed by atoms with Gasteiger partial charge in [0, 0.05) is 17.0 Å². The first-order valence-electron chi connectivity index (χ1n) is 12.2. The molecule has 0 spiro atoms. The molecule has 200 valence electrons. The minimum Gasteiger partial charge on any atom is -0.496 e. The van der Waals surface area contributed by atoms with Gasteiger partial charge in [-0.1, -0.05) is 42.1 Å². The van der Waals surface area contributed by atoms with E-state index in [1.54, 1.807) is 13.2 Å². The fourth-order valence-electron chi connectivity index (χ4n) is 4.12. The van der Waals surface area contributed by atoms with Crippen LogP contribution in [0.2, 0.25) is 0 Å². The van der Waals surface area contributed by atoms with Gasteiger partial charge in [-0.15, -0.1) is 0 Å². The van der Waals surface area contributed by atoms with Crippen molar-refractivity contribution in [1.82, 2.24) is 0 Å². The van der Waals surface area contributed by atoms with Crippen molar-refractivity contribution in [2.24, 2.45) is 5.73 Å². The molecule has 0 atom stereocenters. The fraction of sp³-hybridized carbons (Fsp3) is 0.310. The highest BCUT2D eigenvalue weighted by Crippen LogP contribution is 2.52. The highest BCUT2D eigenvalue weighted by Gasteiger charge is 2.32. The maximum atomic E-state index is 13.3. The molecule has 38 heavy (non-hydrogen) atoms. The summed E-state index contributed by atoms with van der Waals surface area (Å²) in [4.78, 5) is 27.6.